The van der Waals surface area contributed by atoms with E-state index in [1.54, 1.807) is 36.4 Å². The molecule has 0 aliphatic carbocycles. The molecule has 0 radical (unpaired) electrons. The Morgan fingerprint density at radius 3 is 2.43 bits per heavy atom. The van der Waals surface area contributed by atoms with E-state index in [1.165, 1.54) is 18.0 Å². The van der Waals surface area contributed by atoms with Crippen molar-refractivity contribution in [3.8, 4) is 11.4 Å². The zero-order chi connectivity index (χ0) is 24.6. The molecule has 0 atom stereocenters. The highest BCUT2D eigenvalue weighted by molar-refractivity contribution is 7.99. The van der Waals surface area contributed by atoms with Gasteiger partial charge in [-0.15, -0.1) is 10.2 Å². The largest absolute Gasteiger partial charge is 0.423 e. The van der Waals surface area contributed by atoms with Crippen molar-refractivity contribution in [2.24, 2.45) is 5.10 Å². The van der Waals surface area contributed by atoms with E-state index in [-0.39, 0.29) is 11.7 Å². The van der Waals surface area contributed by atoms with Crippen molar-refractivity contribution in [1.29, 1.82) is 0 Å². The summed E-state index contributed by atoms with van der Waals surface area (Å²) in [5.41, 5.74) is 5.56. The Labute approximate surface area is 207 Å². The Balaban J connectivity index is 1.28. The second-order valence-corrected chi connectivity index (χ2v) is 8.50. The number of carbonyl (C=O) groups excluding carboxylic acids is 2. The number of hydrogen-bond donors (Lipinski definition) is 1. The van der Waals surface area contributed by atoms with E-state index in [0.717, 1.165) is 22.6 Å². The number of para-hydroxylation sites is 1. The number of rotatable bonds is 8. The molecule has 0 fully saturated rings. The number of carbonyl (C=O) groups is 2. The van der Waals surface area contributed by atoms with Crippen LogP contribution in [0.25, 0.3) is 5.69 Å². The lowest BCUT2D eigenvalue weighted by molar-refractivity contribution is -0.118. The highest BCUT2D eigenvalue weighted by Crippen LogP contribution is 2.21. The van der Waals surface area contributed by atoms with Gasteiger partial charge in [-0.2, -0.15) is 5.10 Å². The van der Waals surface area contributed by atoms with Crippen molar-refractivity contribution >= 4 is 29.9 Å². The number of aryl methyl sites for hydroxylation is 2. The van der Waals surface area contributed by atoms with Gasteiger partial charge in [-0.1, -0.05) is 48.2 Å². The Morgan fingerprint density at radius 1 is 0.971 bits per heavy atom. The standard InChI is InChI=1S/C26H23N5O3S/c1-18-8-6-7-11-23(18)25(33)34-22-14-12-20(13-15-22)16-27-29-24(32)17-35-26-30-28-19(2)31(26)21-9-4-3-5-10-21/h3-16H,17H2,1-2H3,(H,29,32). The minimum absolute atomic E-state index is 0.135. The number of hydrogen-bond acceptors (Lipinski definition) is 7. The maximum Gasteiger partial charge on any atom is 0.343 e. The summed E-state index contributed by atoms with van der Waals surface area (Å²) >= 11 is 1.28. The third-order valence-corrected chi connectivity index (χ3v) is 5.93. The maximum atomic E-state index is 12.3. The predicted octanol–water partition coefficient (Wildman–Crippen LogP) is 4.35. The van der Waals surface area contributed by atoms with Crippen molar-refractivity contribution in [3.05, 3.63) is 101 Å². The number of thioether (sulfide) groups is 1. The van der Waals surface area contributed by atoms with Crippen molar-refractivity contribution < 1.29 is 14.3 Å². The third kappa shape index (κ3) is 6.21. The van der Waals surface area contributed by atoms with E-state index < -0.39 is 5.97 Å². The molecule has 0 bridgehead atoms. The van der Waals surface area contributed by atoms with Crippen LogP contribution in [0.5, 0.6) is 5.75 Å². The van der Waals surface area contributed by atoms with E-state index in [2.05, 4.69) is 20.7 Å². The number of aromatic nitrogens is 3. The van der Waals surface area contributed by atoms with Crippen LogP contribution in [-0.4, -0.2) is 38.6 Å². The fourth-order valence-electron chi connectivity index (χ4n) is 3.24. The van der Waals surface area contributed by atoms with Crippen LogP contribution in [0.2, 0.25) is 0 Å². The van der Waals surface area contributed by atoms with Gasteiger partial charge in [-0.05, 0) is 67.4 Å². The van der Waals surface area contributed by atoms with Gasteiger partial charge in [0, 0.05) is 5.69 Å². The van der Waals surface area contributed by atoms with Crippen LogP contribution in [0.1, 0.15) is 27.3 Å². The van der Waals surface area contributed by atoms with E-state index in [9.17, 15) is 9.59 Å². The molecular weight excluding hydrogens is 462 g/mol. The molecule has 35 heavy (non-hydrogen) atoms. The molecule has 0 spiro atoms. The van der Waals surface area contributed by atoms with Crippen LogP contribution in [0.15, 0.2) is 89.1 Å². The molecular formula is C26H23N5O3S. The van der Waals surface area contributed by atoms with Gasteiger partial charge in [0.05, 0.1) is 17.5 Å². The zero-order valence-electron chi connectivity index (χ0n) is 19.2. The first-order valence-corrected chi connectivity index (χ1v) is 11.8. The molecule has 0 saturated heterocycles. The minimum Gasteiger partial charge on any atom is -0.423 e. The second-order valence-electron chi connectivity index (χ2n) is 7.56. The third-order valence-electron chi connectivity index (χ3n) is 5.00. The number of esters is 1. The quantitative estimate of drug-likeness (QED) is 0.131. The molecule has 176 valence electrons. The van der Waals surface area contributed by atoms with Gasteiger partial charge in [0.2, 0.25) is 0 Å². The van der Waals surface area contributed by atoms with E-state index in [4.69, 9.17) is 4.74 Å². The van der Waals surface area contributed by atoms with E-state index in [1.807, 2.05) is 60.9 Å². The van der Waals surface area contributed by atoms with Gasteiger partial charge in [-0.25, -0.2) is 10.2 Å². The van der Waals surface area contributed by atoms with Gasteiger partial charge >= 0.3 is 5.97 Å². The monoisotopic (exact) mass is 485 g/mol. The number of ether oxygens (including phenoxy) is 1. The minimum atomic E-state index is -0.410. The first-order chi connectivity index (χ1) is 17.0. The van der Waals surface area contributed by atoms with Crippen LogP contribution < -0.4 is 10.2 Å². The summed E-state index contributed by atoms with van der Waals surface area (Å²) in [7, 11) is 0. The molecule has 8 nitrogen and oxygen atoms in total. The Kier molecular flexibility index (Phi) is 7.69. The van der Waals surface area contributed by atoms with Crippen molar-refractivity contribution in [2.75, 3.05) is 5.75 Å². The molecule has 0 unspecified atom stereocenters. The zero-order valence-corrected chi connectivity index (χ0v) is 20.0. The van der Waals surface area contributed by atoms with Gasteiger partial charge in [0.1, 0.15) is 11.6 Å². The lowest BCUT2D eigenvalue weighted by atomic mass is 10.1. The summed E-state index contributed by atoms with van der Waals surface area (Å²) in [6, 6.07) is 23.8. The predicted molar refractivity (Wildman–Crippen MR) is 135 cm³/mol. The van der Waals surface area contributed by atoms with Crippen LogP contribution >= 0.6 is 11.8 Å². The smallest absolute Gasteiger partial charge is 0.343 e. The summed E-state index contributed by atoms with van der Waals surface area (Å²) in [6.45, 7) is 3.72. The maximum absolute atomic E-state index is 12.3. The molecule has 1 amide bonds. The SMILES string of the molecule is Cc1ccccc1C(=O)Oc1ccc(C=NNC(=O)CSc2nnc(C)n2-c2ccccc2)cc1. The van der Waals surface area contributed by atoms with Crippen molar-refractivity contribution in [2.45, 2.75) is 19.0 Å². The number of nitrogens with one attached hydrogen (secondary N) is 1. The number of benzene rings is 3. The molecule has 0 saturated carbocycles. The molecule has 4 rings (SSSR count). The Morgan fingerprint density at radius 2 is 1.69 bits per heavy atom. The molecule has 1 heterocycles. The topological polar surface area (TPSA) is 98.5 Å². The fourth-order valence-corrected chi connectivity index (χ4v) is 4.03. The highest BCUT2D eigenvalue weighted by Gasteiger charge is 2.13. The molecule has 3 aromatic carbocycles. The van der Waals surface area contributed by atoms with Crippen LogP contribution in [0.3, 0.4) is 0 Å². The molecule has 0 aliphatic heterocycles. The lowest BCUT2D eigenvalue weighted by Crippen LogP contribution is -2.20. The highest BCUT2D eigenvalue weighted by atomic mass is 32.2. The summed E-state index contributed by atoms with van der Waals surface area (Å²) in [6.07, 6.45) is 1.52. The molecule has 4 aromatic rings. The molecule has 9 heteroatoms. The lowest BCUT2D eigenvalue weighted by Gasteiger charge is -2.07. The summed E-state index contributed by atoms with van der Waals surface area (Å²) in [5, 5.41) is 12.9. The van der Waals surface area contributed by atoms with Gasteiger partial charge < -0.3 is 4.74 Å². The number of nitrogens with zero attached hydrogens (tertiary/aromatic N) is 4. The van der Waals surface area contributed by atoms with Gasteiger partial charge in [-0.3, -0.25) is 9.36 Å². The fraction of sp³-hybridized carbons (Fsp3) is 0.115. The number of hydrazone groups is 1. The average molecular weight is 486 g/mol. The molecule has 1 aromatic heterocycles. The van der Waals surface area contributed by atoms with Crippen LogP contribution in [0, 0.1) is 13.8 Å². The normalized spacial score (nSPS) is 10.9. The van der Waals surface area contributed by atoms with Crippen LogP contribution in [0.4, 0.5) is 0 Å². The average Bonchev–Trinajstić information content (AvgIpc) is 3.24. The summed E-state index contributed by atoms with van der Waals surface area (Å²) in [4.78, 5) is 24.6. The number of amides is 1. The van der Waals surface area contributed by atoms with Gasteiger partial charge in [0.15, 0.2) is 5.16 Å². The van der Waals surface area contributed by atoms with Gasteiger partial charge in [0.25, 0.3) is 5.91 Å². The Hall–Kier alpha value is -4.24. The van der Waals surface area contributed by atoms with Crippen molar-refractivity contribution in [1.82, 2.24) is 20.2 Å². The van der Waals surface area contributed by atoms with E-state index >= 15 is 0 Å². The second kappa shape index (κ2) is 11.3. The first-order valence-electron chi connectivity index (χ1n) is 10.8. The Bertz CT molecular complexity index is 1350. The van der Waals surface area contributed by atoms with Crippen LogP contribution in [-0.2, 0) is 4.79 Å². The van der Waals surface area contributed by atoms with E-state index in [0.29, 0.717) is 16.5 Å². The molecule has 0 aliphatic rings. The van der Waals surface area contributed by atoms with Crippen molar-refractivity contribution in [3.63, 3.8) is 0 Å². The molecule has 1 N–H and O–H groups in total. The summed E-state index contributed by atoms with van der Waals surface area (Å²) < 4.78 is 7.32. The first kappa shape index (κ1) is 23.9. The summed E-state index contributed by atoms with van der Waals surface area (Å²) in [5.74, 6) is 0.623.